The second kappa shape index (κ2) is 3.89. The molecule has 1 unspecified atom stereocenters. The summed E-state index contributed by atoms with van der Waals surface area (Å²) in [6.07, 6.45) is 2.43. The number of rotatable bonds is 4. The van der Waals surface area contributed by atoms with Crippen molar-refractivity contribution < 1.29 is 4.79 Å². The Bertz CT molecular complexity index is 221. The number of nitrogens with one attached hydrogen (secondary N) is 1. The van der Waals surface area contributed by atoms with Gasteiger partial charge in [0.05, 0.1) is 0 Å². The van der Waals surface area contributed by atoms with E-state index in [1.165, 1.54) is 12.8 Å². The molecule has 1 saturated carbocycles. The van der Waals surface area contributed by atoms with Gasteiger partial charge < -0.3 is 10.2 Å². The Morgan fingerprint density at radius 2 is 2.14 bits per heavy atom. The van der Waals surface area contributed by atoms with Gasteiger partial charge >= 0.3 is 0 Å². The standard InChI is InChI=1S/C11H20N2O/c1-3-13(10-4-5-10)11(14)8(2)9-6-12-7-9/h8-10,12H,3-7H2,1-2H3. The van der Waals surface area contributed by atoms with E-state index < -0.39 is 0 Å². The summed E-state index contributed by atoms with van der Waals surface area (Å²) >= 11 is 0. The van der Waals surface area contributed by atoms with E-state index in [1.807, 2.05) is 0 Å². The molecule has 3 heteroatoms. The number of nitrogens with zero attached hydrogens (tertiary/aromatic N) is 1. The summed E-state index contributed by atoms with van der Waals surface area (Å²) in [6.45, 7) is 7.10. The third kappa shape index (κ3) is 1.78. The van der Waals surface area contributed by atoms with Gasteiger partial charge in [0.25, 0.3) is 0 Å². The quantitative estimate of drug-likeness (QED) is 0.723. The van der Waals surface area contributed by atoms with E-state index in [9.17, 15) is 4.79 Å². The van der Waals surface area contributed by atoms with Crippen LogP contribution < -0.4 is 5.32 Å². The number of amides is 1. The lowest BCUT2D eigenvalue weighted by Crippen LogP contribution is -2.50. The third-order valence-electron chi connectivity index (χ3n) is 3.52. The number of hydrogen-bond acceptors (Lipinski definition) is 2. The molecular weight excluding hydrogens is 176 g/mol. The third-order valence-corrected chi connectivity index (χ3v) is 3.52. The van der Waals surface area contributed by atoms with Gasteiger partial charge in [-0.25, -0.2) is 0 Å². The Labute approximate surface area is 85.8 Å². The molecule has 2 fully saturated rings. The lowest BCUT2D eigenvalue weighted by Gasteiger charge is -2.34. The molecule has 0 aromatic heterocycles. The van der Waals surface area contributed by atoms with Crippen molar-refractivity contribution in [3.63, 3.8) is 0 Å². The van der Waals surface area contributed by atoms with Crippen molar-refractivity contribution in [1.29, 1.82) is 0 Å². The largest absolute Gasteiger partial charge is 0.340 e. The summed E-state index contributed by atoms with van der Waals surface area (Å²) < 4.78 is 0. The summed E-state index contributed by atoms with van der Waals surface area (Å²) in [6, 6.07) is 0.572. The van der Waals surface area contributed by atoms with Gasteiger partial charge in [0.2, 0.25) is 5.91 Å². The maximum absolute atomic E-state index is 12.1. The molecule has 2 aliphatic rings. The average Bonchev–Trinajstić information content (AvgIpc) is 2.86. The SMILES string of the molecule is CCN(C(=O)C(C)C1CNC1)C1CC1. The summed E-state index contributed by atoms with van der Waals surface area (Å²) in [5, 5.41) is 3.23. The summed E-state index contributed by atoms with van der Waals surface area (Å²) in [5.41, 5.74) is 0. The van der Waals surface area contributed by atoms with Crippen LogP contribution in [0.4, 0.5) is 0 Å². The molecule has 2 rings (SSSR count). The number of hydrogen-bond donors (Lipinski definition) is 1. The van der Waals surface area contributed by atoms with Gasteiger partial charge in [0.15, 0.2) is 0 Å². The second-order valence-electron chi connectivity index (χ2n) is 4.56. The zero-order valence-corrected chi connectivity index (χ0v) is 9.12. The van der Waals surface area contributed by atoms with Crippen LogP contribution in [0.2, 0.25) is 0 Å². The first-order chi connectivity index (χ1) is 6.74. The van der Waals surface area contributed by atoms with Crippen molar-refractivity contribution in [3.8, 4) is 0 Å². The van der Waals surface area contributed by atoms with Gasteiger partial charge in [-0.3, -0.25) is 4.79 Å². The van der Waals surface area contributed by atoms with E-state index in [0.29, 0.717) is 17.9 Å². The lowest BCUT2D eigenvalue weighted by atomic mass is 9.88. The molecule has 0 spiro atoms. The highest BCUT2D eigenvalue weighted by Crippen LogP contribution is 2.29. The molecular formula is C11H20N2O. The van der Waals surface area contributed by atoms with E-state index in [4.69, 9.17) is 0 Å². The lowest BCUT2D eigenvalue weighted by molar-refractivity contribution is -0.137. The predicted octanol–water partition coefficient (Wildman–Crippen LogP) is 0.853. The van der Waals surface area contributed by atoms with E-state index in [-0.39, 0.29) is 5.92 Å². The average molecular weight is 196 g/mol. The highest BCUT2D eigenvalue weighted by molar-refractivity contribution is 5.79. The zero-order valence-electron chi connectivity index (χ0n) is 9.12. The Kier molecular flexibility index (Phi) is 2.77. The maximum atomic E-state index is 12.1. The monoisotopic (exact) mass is 196 g/mol. The molecule has 1 heterocycles. The fourth-order valence-corrected chi connectivity index (χ4v) is 2.11. The fraction of sp³-hybridized carbons (Fsp3) is 0.909. The Balaban J connectivity index is 1.90. The molecule has 0 aromatic rings. The highest BCUT2D eigenvalue weighted by atomic mass is 16.2. The minimum absolute atomic E-state index is 0.219. The van der Waals surface area contributed by atoms with Gasteiger partial charge in [-0.1, -0.05) is 6.92 Å². The van der Waals surface area contributed by atoms with E-state index in [2.05, 4.69) is 24.1 Å². The molecule has 1 atom stereocenters. The van der Waals surface area contributed by atoms with Gasteiger partial charge in [0, 0.05) is 18.5 Å². The summed E-state index contributed by atoms with van der Waals surface area (Å²) in [4.78, 5) is 14.2. The van der Waals surface area contributed by atoms with Crippen LogP contribution >= 0.6 is 0 Å². The van der Waals surface area contributed by atoms with Gasteiger partial charge in [-0.15, -0.1) is 0 Å². The van der Waals surface area contributed by atoms with Crippen molar-refractivity contribution in [2.45, 2.75) is 32.7 Å². The van der Waals surface area contributed by atoms with Crippen LogP contribution in [0.15, 0.2) is 0 Å². The molecule has 1 N–H and O–H groups in total. The molecule has 1 amide bonds. The Hall–Kier alpha value is -0.570. The minimum atomic E-state index is 0.219. The van der Waals surface area contributed by atoms with Crippen LogP contribution in [0, 0.1) is 11.8 Å². The molecule has 1 aliphatic carbocycles. The van der Waals surface area contributed by atoms with E-state index in [1.54, 1.807) is 0 Å². The van der Waals surface area contributed by atoms with Crippen LogP contribution in [0.3, 0.4) is 0 Å². The van der Waals surface area contributed by atoms with Crippen LogP contribution in [-0.4, -0.2) is 36.5 Å². The Morgan fingerprint density at radius 3 is 2.50 bits per heavy atom. The van der Waals surface area contributed by atoms with E-state index in [0.717, 1.165) is 19.6 Å². The molecule has 3 nitrogen and oxygen atoms in total. The second-order valence-corrected chi connectivity index (χ2v) is 4.56. The fourth-order valence-electron chi connectivity index (χ4n) is 2.11. The highest BCUT2D eigenvalue weighted by Gasteiger charge is 2.37. The first-order valence-electron chi connectivity index (χ1n) is 5.75. The number of carbonyl (C=O) groups excluding carboxylic acids is 1. The van der Waals surface area contributed by atoms with Crippen molar-refractivity contribution in [1.82, 2.24) is 10.2 Å². The zero-order chi connectivity index (χ0) is 10.1. The minimum Gasteiger partial charge on any atom is -0.340 e. The van der Waals surface area contributed by atoms with Gasteiger partial charge in [-0.2, -0.15) is 0 Å². The smallest absolute Gasteiger partial charge is 0.226 e. The maximum Gasteiger partial charge on any atom is 0.226 e. The van der Waals surface area contributed by atoms with Crippen molar-refractivity contribution >= 4 is 5.91 Å². The van der Waals surface area contributed by atoms with Crippen LogP contribution in [0.25, 0.3) is 0 Å². The van der Waals surface area contributed by atoms with Crippen molar-refractivity contribution in [2.24, 2.45) is 11.8 Å². The van der Waals surface area contributed by atoms with Crippen molar-refractivity contribution in [2.75, 3.05) is 19.6 Å². The first kappa shape index (κ1) is 9.97. The Morgan fingerprint density at radius 1 is 1.50 bits per heavy atom. The predicted molar refractivity (Wildman–Crippen MR) is 55.9 cm³/mol. The van der Waals surface area contributed by atoms with Crippen molar-refractivity contribution in [3.05, 3.63) is 0 Å². The van der Waals surface area contributed by atoms with Crippen LogP contribution in [0.1, 0.15) is 26.7 Å². The first-order valence-corrected chi connectivity index (χ1v) is 5.75. The van der Waals surface area contributed by atoms with Gasteiger partial charge in [-0.05, 0) is 38.8 Å². The molecule has 1 aliphatic heterocycles. The van der Waals surface area contributed by atoms with Gasteiger partial charge in [0.1, 0.15) is 0 Å². The molecule has 14 heavy (non-hydrogen) atoms. The number of carbonyl (C=O) groups is 1. The molecule has 0 aromatic carbocycles. The molecule has 0 bridgehead atoms. The topological polar surface area (TPSA) is 32.3 Å². The molecule has 0 radical (unpaired) electrons. The van der Waals surface area contributed by atoms with Crippen LogP contribution in [-0.2, 0) is 4.79 Å². The molecule has 80 valence electrons. The summed E-state index contributed by atoms with van der Waals surface area (Å²) in [7, 11) is 0. The van der Waals surface area contributed by atoms with E-state index >= 15 is 0 Å². The summed E-state index contributed by atoms with van der Waals surface area (Å²) in [5.74, 6) is 1.17. The molecule has 1 saturated heterocycles. The normalized spacial score (nSPS) is 24.1. The van der Waals surface area contributed by atoms with Crippen LogP contribution in [0.5, 0.6) is 0 Å².